The molecule has 0 unspecified atom stereocenters. The van der Waals surface area contributed by atoms with E-state index in [2.05, 4.69) is 17.5 Å². The minimum atomic E-state index is 0.526. The molecule has 0 bridgehead atoms. The second-order valence-electron chi connectivity index (χ2n) is 2.63. The first-order valence-electron chi connectivity index (χ1n) is 3.80. The highest BCUT2D eigenvalue weighted by Gasteiger charge is 1.99. The summed E-state index contributed by atoms with van der Waals surface area (Å²) in [6.07, 6.45) is 1.48. The summed E-state index contributed by atoms with van der Waals surface area (Å²) < 4.78 is 1.24. The molecule has 1 aromatic heterocycles. The molecule has 0 aliphatic rings. The van der Waals surface area contributed by atoms with Gasteiger partial charge < -0.3 is 4.79 Å². The molecule has 2 rings (SSSR count). The highest BCUT2D eigenvalue weighted by molar-refractivity contribution is 7.17. The SMILES string of the molecule is O=CCc1cccc2ccsc12. The molecular weight excluding hydrogens is 168 g/mol. The maximum Gasteiger partial charge on any atom is 0.124 e. The van der Waals surface area contributed by atoms with Crippen molar-refractivity contribution in [2.75, 3.05) is 0 Å². The number of hydrogen-bond acceptors (Lipinski definition) is 2. The zero-order valence-corrected chi connectivity index (χ0v) is 7.30. The zero-order chi connectivity index (χ0) is 8.39. The number of benzene rings is 1. The van der Waals surface area contributed by atoms with Crippen molar-refractivity contribution in [3.05, 3.63) is 35.2 Å². The molecule has 12 heavy (non-hydrogen) atoms. The zero-order valence-electron chi connectivity index (χ0n) is 6.49. The number of rotatable bonds is 2. The van der Waals surface area contributed by atoms with E-state index in [1.807, 2.05) is 12.1 Å². The van der Waals surface area contributed by atoms with Gasteiger partial charge in [-0.1, -0.05) is 18.2 Å². The minimum absolute atomic E-state index is 0.526. The standard InChI is InChI=1S/C10H8OS/c11-6-4-8-2-1-3-9-5-7-12-10(8)9/h1-3,5-7H,4H2. The van der Waals surface area contributed by atoms with E-state index in [-0.39, 0.29) is 0 Å². The Labute approximate surface area is 74.6 Å². The Morgan fingerprint density at radius 3 is 3.08 bits per heavy atom. The minimum Gasteiger partial charge on any atom is -0.303 e. The molecule has 2 heteroatoms. The summed E-state index contributed by atoms with van der Waals surface area (Å²) in [7, 11) is 0. The first kappa shape index (κ1) is 7.50. The Morgan fingerprint density at radius 2 is 2.25 bits per heavy atom. The molecule has 0 aliphatic heterocycles. The van der Waals surface area contributed by atoms with Gasteiger partial charge in [0.05, 0.1) is 0 Å². The van der Waals surface area contributed by atoms with Crippen molar-refractivity contribution in [1.82, 2.24) is 0 Å². The van der Waals surface area contributed by atoms with Gasteiger partial charge in [-0.2, -0.15) is 0 Å². The van der Waals surface area contributed by atoms with Crippen molar-refractivity contribution in [2.24, 2.45) is 0 Å². The summed E-state index contributed by atoms with van der Waals surface area (Å²) in [5.41, 5.74) is 1.14. The molecule has 2 aromatic rings. The van der Waals surface area contributed by atoms with Crippen LogP contribution in [0.4, 0.5) is 0 Å². The number of aldehydes is 1. The van der Waals surface area contributed by atoms with Crippen LogP contribution in [0.25, 0.3) is 10.1 Å². The van der Waals surface area contributed by atoms with Crippen LogP contribution in [0.2, 0.25) is 0 Å². The monoisotopic (exact) mass is 176 g/mol. The van der Waals surface area contributed by atoms with Crippen molar-refractivity contribution in [1.29, 1.82) is 0 Å². The third-order valence-electron chi connectivity index (χ3n) is 1.86. The van der Waals surface area contributed by atoms with Crippen LogP contribution in [0.1, 0.15) is 5.56 Å². The Balaban J connectivity index is 2.65. The van der Waals surface area contributed by atoms with Gasteiger partial charge in [-0.3, -0.25) is 0 Å². The maximum atomic E-state index is 10.3. The topological polar surface area (TPSA) is 17.1 Å². The quantitative estimate of drug-likeness (QED) is 0.643. The molecule has 0 aliphatic carbocycles. The molecule has 1 heterocycles. The Morgan fingerprint density at radius 1 is 1.33 bits per heavy atom. The molecule has 0 fully saturated rings. The third kappa shape index (κ3) is 1.14. The Bertz CT molecular complexity index is 403. The summed E-state index contributed by atoms with van der Waals surface area (Å²) in [6.45, 7) is 0. The average molecular weight is 176 g/mol. The average Bonchev–Trinajstić information content (AvgIpc) is 2.53. The van der Waals surface area contributed by atoms with E-state index in [4.69, 9.17) is 0 Å². The van der Waals surface area contributed by atoms with Crippen molar-refractivity contribution >= 4 is 27.7 Å². The highest BCUT2D eigenvalue weighted by Crippen LogP contribution is 2.24. The van der Waals surface area contributed by atoms with E-state index in [0.717, 1.165) is 11.8 Å². The molecule has 0 amide bonds. The van der Waals surface area contributed by atoms with Gasteiger partial charge in [0.15, 0.2) is 0 Å². The fourth-order valence-electron chi connectivity index (χ4n) is 1.31. The molecule has 0 N–H and O–H groups in total. The van der Waals surface area contributed by atoms with Crippen molar-refractivity contribution in [3.63, 3.8) is 0 Å². The van der Waals surface area contributed by atoms with Gasteiger partial charge in [-0.25, -0.2) is 0 Å². The molecule has 60 valence electrons. The number of carbonyl (C=O) groups excluding carboxylic acids is 1. The largest absolute Gasteiger partial charge is 0.303 e. The summed E-state index contributed by atoms with van der Waals surface area (Å²) in [5.74, 6) is 0. The maximum absolute atomic E-state index is 10.3. The van der Waals surface area contributed by atoms with E-state index >= 15 is 0 Å². The summed E-state index contributed by atoms with van der Waals surface area (Å²) in [5, 5.41) is 3.29. The van der Waals surface area contributed by atoms with Gasteiger partial charge in [0.2, 0.25) is 0 Å². The predicted octanol–water partition coefficient (Wildman–Crippen LogP) is 2.64. The van der Waals surface area contributed by atoms with Crippen LogP contribution in [0.5, 0.6) is 0 Å². The Kier molecular flexibility index (Phi) is 1.92. The fourth-order valence-corrected chi connectivity index (χ4v) is 2.23. The smallest absolute Gasteiger partial charge is 0.124 e. The van der Waals surface area contributed by atoms with Gasteiger partial charge in [-0.15, -0.1) is 11.3 Å². The van der Waals surface area contributed by atoms with E-state index in [9.17, 15) is 4.79 Å². The number of carbonyl (C=O) groups is 1. The molecule has 0 spiro atoms. The van der Waals surface area contributed by atoms with Crippen molar-refractivity contribution in [2.45, 2.75) is 6.42 Å². The van der Waals surface area contributed by atoms with Crippen LogP contribution in [0, 0.1) is 0 Å². The van der Waals surface area contributed by atoms with Crippen molar-refractivity contribution < 1.29 is 4.79 Å². The summed E-state index contributed by atoms with van der Waals surface area (Å²) in [4.78, 5) is 10.3. The van der Waals surface area contributed by atoms with Crippen LogP contribution in [0.3, 0.4) is 0 Å². The normalized spacial score (nSPS) is 10.3. The van der Waals surface area contributed by atoms with Crippen LogP contribution >= 0.6 is 11.3 Å². The molecule has 1 aromatic carbocycles. The van der Waals surface area contributed by atoms with E-state index in [1.165, 1.54) is 10.1 Å². The van der Waals surface area contributed by atoms with Gasteiger partial charge in [0.1, 0.15) is 6.29 Å². The number of thiophene rings is 1. The molecule has 0 saturated heterocycles. The lowest BCUT2D eigenvalue weighted by Gasteiger charge is -1.95. The van der Waals surface area contributed by atoms with Crippen molar-refractivity contribution in [3.8, 4) is 0 Å². The number of fused-ring (bicyclic) bond motifs is 1. The lowest BCUT2D eigenvalue weighted by Crippen LogP contribution is -1.84. The van der Waals surface area contributed by atoms with Crippen LogP contribution in [-0.2, 0) is 11.2 Å². The van der Waals surface area contributed by atoms with Crippen LogP contribution < -0.4 is 0 Å². The lowest BCUT2D eigenvalue weighted by atomic mass is 10.1. The van der Waals surface area contributed by atoms with Gasteiger partial charge in [0.25, 0.3) is 0 Å². The molecule has 0 radical (unpaired) electrons. The van der Waals surface area contributed by atoms with Crippen LogP contribution in [0.15, 0.2) is 29.6 Å². The third-order valence-corrected chi connectivity index (χ3v) is 2.87. The van der Waals surface area contributed by atoms with Crippen LogP contribution in [-0.4, -0.2) is 6.29 Å². The lowest BCUT2D eigenvalue weighted by molar-refractivity contribution is -0.107. The molecule has 0 saturated carbocycles. The Hall–Kier alpha value is -1.15. The van der Waals surface area contributed by atoms with E-state index in [1.54, 1.807) is 11.3 Å². The first-order valence-corrected chi connectivity index (χ1v) is 4.68. The predicted molar refractivity (Wildman–Crippen MR) is 51.6 cm³/mol. The highest BCUT2D eigenvalue weighted by atomic mass is 32.1. The first-order chi connectivity index (χ1) is 5.92. The summed E-state index contributed by atoms with van der Waals surface area (Å²) in [6, 6.07) is 8.15. The van der Waals surface area contributed by atoms with E-state index < -0.39 is 0 Å². The summed E-state index contributed by atoms with van der Waals surface area (Å²) >= 11 is 1.69. The molecular formula is C10H8OS. The second-order valence-corrected chi connectivity index (χ2v) is 3.54. The van der Waals surface area contributed by atoms with E-state index in [0.29, 0.717) is 6.42 Å². The van der Waals surface area contributed by atoms with Gasteiger partial charge in [0, 0.05) is 11.1 Å². The second kappa shape index (κ2) is 3.07. The molecule has 1 nitrogen and oxygen atoms in total. The van der Waals surface area contributed by atoms with Gasteiger partial charge in [-0.05, 0) is 22.4 Å². The molecule has 0 atom stereocenters. The van der Waals surface area contributed by atoms with Gasteiger partial charge >= 0.3 is 0 Å². The number of hydrogen-bond donors (Lipinski definition) is 0. The fraction of sp³-hybridized carbons (Fsp3) is 0.100.